The van der Waals surface area contributed by atoms with Gasteiger partial charge in [-0.05, 0) is 61.7 Å². The second kappa shape index (κ2) is 9.48. The SMILES string of the molecule is Cc1ccc(NC(=O)CN2C(=O)N(Cc3ccc(Cl)cc3)C(=O)C3NCCCC32)cc1Cl. The summed E-state index contributed by atoms with van der Waals surface area (Å²) in [5.74, 6) is -0.611. The molecule has 2 aliphatic rings. The molecule has 2 aromatic carbocycles. The Balaban J connectivity index is 1.53. The molecular weight excluding hydrogens is 451 g/mol. The minimum Gasteiger partial charge on any atom is -0.324 e. The molecule has 2 saturated heterocycles. The second-order valence-electron chi connectivity index (χ2n) is 8.11. The highest BCUT2D eigenvalue weighted by Crippen LogP contribution is 2.26. The normalized spacial score (nSPS) is 20.8. The Kier molecular flexibility index (Phi) is 6.69. The fourth-order valence-corrected chi connectivity index (χ4v) is 4.45. The molecule has 0 aromatic heterocycles. The number of rotatable bonds is 5. The number of hydrogen-bond donors (Lipinski definition) is 2. The van der Waals surface area contributed by atoms with E-state index in [2.05, 4.69) is 10.6 Å². The van der Waals surface area contributed by atoms with Gasteiger partial charge in [0.15, 0.2) is 0 Å². The fraction of sp³-hybridized carbons (Fsp3) is 0.348. The molecule has 0 bridgehead atoms. The molecule has 0 saturated carbocycles. The smallest absolute Gasteiger partial charge is 0.324 e. The first-order chi connectivity index (χ1) is 15.3. The summed E-state index contributed by atoms with van der Waals surface area (Å²) in [6.45, 7) is 2.53. The van der Waals surface area contributed by atoms with Crippen molar-refractivity contribution in [2.24, 2.45) is 0 Å². The summed E-state index contributed by atoms with van der Waals surface area (Å²) in [7, 11) is 0. The number of aryl methyl sites for hydroxylation is 1. The fourth-order valence-electron chi connectivity index (χ4n) is 4.15. The van der Waals surface area contributed by atoms with Crippen molar-refractivity contribution in [1.29, 1.82) is 0 Å². The zero-order valence-electron chi connectivity index (χ0n) is 17.6. The van der Waals surface area contributed by atoms with Crippen LogP contribution in [-0.2, 0) is 16.1 Å². The van der Waals surface area contributed by atoms with Crippen molar-refractivity contribution in [3.63, 3.8) is 0 Å². The molecule has 2 N–H and O–H groups in total. The third-order valence-corrected chi connectivity index (χ3v) is 6.52. The Labute approximate surface area is 196 Å². The topological polar surface area (TPSA) is 81.8 Å². The Bertz CT molecular complexity index is 1040. The van der Waals surface area contributed by atoms with Gasteiger partial charge in [-0.1, -0.05) is 41.4 Å². The summed E-state index contributed by atoms with van der Waals surface area (Å²) >= 11 is 12.1. The van der Waals surface area contributed by atoms with E-state index in [0.717, 1.165) is 17.5 Å². The summed E-state index contributed by atoms with van der Waals surface area (Å²) < 4.78 is 0. The van der Waals surface area contributed by atoms with Gasteiger partial charge in [0.25, 0.3) is 0 Å². The van der Waals surface area contributed by atoms with Gasteiger partial charge < -0.3 is 15.5 Å². The van der Waals surface area contributed by atoms with Gasteiger partial charge in [-0.3, -0.25) is 14.5 Å². The van der Waals surface area contributed by atoms with Crippen LogP contribution in [0.1, 0.15) is 24.0 Å². The minimum absolute atomic E-state index is 0.116. The maximum atomic E-state index is 13.3. The van der Waals surface area contributed by atoms with Crippen LogP contribution in [0.3, 0.4) is 0 Å². The highest BCUT2D eigenvalue weighted by molar-refractivity contribution is 6.31. The lowest BCUT2D eigenvalue weighted by Crippen LogP contribution is -2.70. The highest BCUT2D eigenvalue weighted by atomic mass is 35.5. The van der Waals surface area contributed by atoms with Gasteiger partial charge in [-0.15, -0.1) is 0 Å². The van der Waals surface area contributed by atoms with E-state index in [1.165, 1.54) is 9.80 Å². The van der Waals surface area contributed by atoms with Gasteiger partial charge in [0.1, 0.15) is 12.6 Å². The molecule has 168 valence electrons. The molecule has 2 aromatic rings. The molecule has 4 rings (SSSR count). The zero-order valence-corrected chi connectivity index (χ0v) is 19.1. The number of nitrogens with zero attached hydrogens (tertiary/aromatic N) is 2. The van der Waals surface area contributed by atoms with E-state index in [-0.39, 0.29) is 30.9 Å². The van der Waals surface area contributed by atoms with Gasteiger partial charge in [0.2, 0.25) is 11.8 Å². The quantitative estimate of drug-likeness (QED) is 0.689. The highest BCUT2D eigenvalue weighted by Gasteiger charge is 2.47. The summed E-state index contributed by atoms with van der Waals surface area (Å²) in [6, 6.07) is 10.9. The summed E-state index contributed by atoms with van der Waals surface area (Å²) in [5, 5.41) is 7.15. The number of hydrogen-bond acceptors (Lipinski definition) is 4. The number of benzene rings is 2. The minimum atomic E-state index is -0.532. The lowest BCUT2D eigenvalue weighted by molar-refractivity contribution is -0.138. The van der Waals surface area contributed by atoms with Crippen LogP contribution in [-0.4, -0.2) is 52.8 Å². The lowest BCUT2D eigenvalue weighted by Gasteiger charge is -2.46. The first-order valence-corrected chi connectivity index (χ1v) is 11.2. The van der Waals surface area contributed by atoms with Crippen molar-refractivity contribution in [2.45, 2.75) is 38.4 Å². The number of imide groups is 1. The van der Waals surface area contributed by atoms with E-state index < -0.39 is 12.1 Å². The number of carbonyl (C=O) groups is 3. The van der Waals surface area contributed by atoms with E-state index in [9.17, 15) is 14.4 Å². The molecule has 2 aliphatic heterocycles. The predicted octanol–water partition coefficient (Wildman–Crippen LogP) is 3.83. The summed E-state index contributed by atoms with van der Waals surface area (Å²) in [5.41, 5.74) is 2.25. The second-order valence-corrected chi connectivity index (χ2v) is 8.96. The van der Waals surface area contributed by atoms with Crippen LogP contribution in [0.5, 0.6) is 0 Å². The van der Waals surface area contributed by atoms with E-state index >= 15 is 0 Å². The van der Waals surface area contributed by atoms with Crippen molar-refractivity contribution in [2.75, 3.05) is 18.4 Å². The van der Waals surface area contributed by atoms with E-state index in [1.807, 2.05) is 13.0 Å². The average Bonchev–Trinajstić information content (AvgIpc) is 2.78. The van der Waals surface area contributed by atoms with Crippen LogP contribution in [0, 0.1) is 6.92 Å². The van der Waals surface area contributed by atoms with Gasteiger partial charge >= 0.3 is 6.03 Å². The molecule has 2 unspecified atom stereocenters. The van der Waals surface area contributed by atoms with E-state index in [4.69, 9.17) is 23.2 Å². The Morgan fingerprint density at radius 3 is 2.62 bits per heavy atom. The number of nitrogens with one attached hydrogen (secondary N) is 2. The third kappa shape index (κ3) is 4.75. The van der Waals surface area contributed by atoms with E-state index in [0.29, 0.717) is 28.7 Å². The Morgan fingerprint density at radius 1 is 1.16 bits per heavy atom. The largest absolute Gasteiger partial charge is 0.327 e. The Morgan fingerprint density at radius 2 is 1.91 bits per heavy atom. The van der Waals surface area contributed by atoms with Gasteiger partial charge in [-0.2, -0.15) is 0 Å². The molecule has 0 spiro atoms. The lowest BCUT2D eigenvalue weighted by atomic mass is 9.93. The van der Waals surface area contributed by atoms with Crippen LogP contribution in [0.4, 0.5) is 10.5 Å². The number of urea groups is 1. The molecular formula is C23H24Cl2N4O3. The molecule has 2 fully saturated rings. The van der Waals surface area contributed by atoms with Gasteiger partial charge in [-0.25, -0.2) is 4.79 Å². The molecule has 32 heavy (non-hydrogen) atoms. The monoisotopic (exact) mass is 474 g/mol. The number of anilines is 1. The van der Waals surface area contributed by atoms with Crippen molar-refractivity contribution >= 4 is 46.7 Å². The maximum Gasteiger partial charge on any atom is 0.327 e. The number of carbonyl (C=O) groups excluding carboxylic acids is 3. The van der Waals surface area contributed by atoms with Crippen LogP contribution in [0.15, 0.2) is 42.5 Å². The zero-order chi connectivity index (χ0) is 22.8. The molecule has 7 nitrogen and oxygen atoms in total. The van der Waals surface area contributed by atoms with E-state index in [1.54, 1.807) is 36.4 Å². The number of fused-ring (bicyclic) bond motifs is 1. The van der Waals surface area contributed by atoms with Crippen molar-refractivity contribution < 1.29 is 14.4 Å². The number of halogens is 2. The van der Waals surface area contributed by atoms with Gasteiger partial charge in [0.05, 0.1) is 12.6 Å². The van der Waals surface area contributed by atoms with Crippen LogP contribution in [0.2, 0.25) is 10.0 Å². The molecule has 9 heteroatoms. The van der Waals surface area contributed by atoms with Crippen molar-refractivity contribution in [3.8, 4) is 0 Å². The molecule has 0 aliphatic carbocycles. The van der Waals surface area contributed by atoms with Crippen LogP contribution < -0.4 is 10.6 Å². The molecule has 4 amide bonds. The first-order valence-electron chi connectivity index (χ1n) is 10.5. The van der Waals surface area contributed by atoms with Crippen molar-refractivity contribution in [1.82, 2.24) is 15.1 Å². The third-order valence-electron chi connectivity index (χ3n) is 5.86. The standard InChI is InChI=1S/C23H24Cl2N4O3/c1-14-4-9-17(11-18(14)25)27-20(30)13-28-19-3-2-10-26-21(19)22(31)29(23(28)32)12-15-5-7-16(24)8-6-15/h4-9,11,19,21,26H,2-3,10,12-13H2,1H3,(H,27,30). The summed E-state index contributed by atoms with van der Waals surface area (Å²) in [6.07, 6.45) is 1.48. The molecule has 2 atom stereocenters. The summed E-state index contributed by atoms with van der Waals surface area (Å²) in [4.78, 5) is 41.9. The maximum absolute atomic E-state index is 13.3. The first kappa shape index (κ1) is 22.6. The molecule has 0 radical (unpaired) electrons. The number of amides is 4. The van der Waals surface area contributed by atoms with Crippen LogP contribution in [0.25, 0.3) is 0 Å². The molecule has 2 heterocycles. The van der Waals surface area contributed by atoms with Crippen molar-refractivity contribution in [3.05, 3.63) is 63.6 Å². The Hall–Kier alpha value is -2.61. The average molecular weight is 475 g/mol. The van der Waals surface area contributed by atoms with Crippen LogP contribution >= 0.6 is 23.2 Å². The number of piperidine rings is 1. The predicted molar refractivity (Wildman–Crippen MR) is 124 cm³/mol. The van der Waals surface area contributed by atoms with Gasteiger partial charge in [0, 0.05) is 15.7 Å².